The molecule has 0 aromatic heterocycles. The van der Waals surface area contributed by atoms with Gasteiger partial charge < -0.3 is 15.4 Å². The number of ether oxygens (including phenoxy) is 1. The smallest absolute Gasteiger partial charge is 0.123 e. The molecule has 2 N–H and O–H groups in total. The van der Waals surface area contributed by atoms with Crippen molar-refractivity contribution >= 4 is 0 Å². The minimum Gasteiger partial charge on any atom is -0.496 e. The van der Waals surface area contributed by atoms with Crippen LogP contribution in [0.5, 0.6) is 5.75 Å². The first kappa shape index (κ1) is 14.0. The fraction of sp³-hybridized carbons (Fsp3) is 0.571. The van der Waals surface area contributed by atoms with Gasteiger partial charge >= 0.3 is 0 Å². The van der Waals surface area contributed by atoms with Gasteiger partial charge in [-0.1, -0.05) is 19.9 Å². The van der Waals surface area contributed by atoms with Crippen LogP contribution in [0.1, 0.15) is 25.0 Å². The third kappa shape index (κ3) is 4.36. The van der Waals surface area contributed by atoms with E-state index in [2.05, 4.69) is 31.9 Å². The van der Waals surface area contributed by atoms with Gasteiger partial charge in [0, 0.05) is 25.2 Å². The molecule has 0 saturated heterocycles. The molecular weight excluding hydrogens is 212 g/mol. The number of methoxy groups -OCH3 is 1. The molecule has 0 amide bonds. The molecule has 0 spiro atoms. The molecule has 0 atom stereocenters. The molecule has 17 heavy (non-hydrogen) atoms. The van der Waals surface area contributed by atoms with Gasteiger partial charge in [0.15, 0.2) is 0 Å². The Morgan fingerprint density at radius 2 is 2.06 bits per heavy atom. The van der Waals surface area contributed by atoms with Gasteiger partial charge in [-0.15, -0.1) is 0 Å². The SMILES string of the molecule is COc1ccc(CN)cc1CN(C)CC(C)C. The van der Waals surface area contributed by atoms with E-state index in [4.69, 9.17) is 10.5 Å². The molecule has 0 unspecified atom stereocenters. The van der Waals surface area contributed by atoms with Crippen LogP contribution in [0, 0.1) is 5.92 Å². The van der Waals surface area contributed by atoms with Gasteiger partial charge in [0.1, 0.15) is 5.75 Å². The maximum Gasteiger partial charge on any atom is 0.123 e. The van der Waals surface area contributed by atoms with Crippen LogP contribution in [0.25, 0.3) is 0 Å². The highest BCUT2D eigenvalue weighted by Gasteiger charge is 2.08. The third-order valence-electron chi connectivity index (χ3n) is 2.70. The van der Waals surface area contributed by atoms with E-state index in [0.29, 0.717) is 12.5 Å². The first-order valence-corrected chi connectivity index (χ1v) is 6.11. The van der Waals surface area contributed by atoms with Gasteiger partial charge in [0.2, 0.25) is 0 Å². The van der Waals surface area contributed by atoms with E-state index in [0.717, 1.165) is 24.4 Å². The highest BCUT2D eigenvalue weighted by atomic mass is 16.5. The number of hydrogen-bond acceptors (Lipinski definition) is 3. The number of benzene rings is 1. The van der Waals surface area contributed by atoms with Crippen LogP contribution in [0.2, 0.25) is 0 Å². The molecule has 0 aliphatic rings. The molecule has 0 bridgehead atoms. The van der Waals surface area contributed by atoms with Crippen LogP contribution in [0.3, 0.4) is 0 Å². The summed E-state index contributed by atoms with van der Waals surface area (Å²) in [5.74, 6) is 1.61. The lowest BCUT2D eigenvalue weighted by molar-refractivity contribution is 0.283. The Morgan fingerprint density at radius 3 is 2.59 bits per heavy atom. The van der Waals surface area contributed by atoms with E-state index >= 15 is 0 Å². The maximum atomic E-state index is 5.67. The van der Waals surface area contributed by atoms with Crippen molar-refractivity contribution in [2.75, 3.05) is 20.7 Å². The lowest BCUT2D eigenvalue weighted by atomic mass is 10.1. The van der Waals surface area contributed by atoms with E-state index in [1.807, 2.05) is 12.1 Å². The topological polar surface area (TPSA) is 38.5 Å². The summed E-state index contributed by atoms with van der Waals surface area (Å²) in [5.41, 5.74) is 8.03. The molecule has 0 saturated carbocycles. The lowest BCUT2D eigenvalue weighted by Gasteiger charge is -2.20. The van der Waals surface area contributed by atoms with Crippen molar-refractivity contribution in [3.05, 3.63) is 29.3 Å². The highest BCUT2D eigenvalue weighted by molar-refractivity contribution is 5.37. The fourth-order valence-electron chi connectivity index (χ4n) is 2.06. The molecular formula is C14H24N2O. The number of rotatable bonds is 6. The zero-order chi connectivity index (χ0) is 12.8. The largest absolute Gasteiger partial charge is 0.496 e. The van der Waals surface area contributed by atoms with E-state index in [9.17, 15) is 0 Å². The summed E-state index contributed by atoms with van der Waals surface area (Å²) in [6, 6.07) is 6.15. The van der Waals surface area contributed by atoms with E-state index in [1.54, 1.807) is 7.11 Å². The van der Waals surface area contributed by atoms with Gasteiger partial charge in [-0.25, -0.2) is 0 Å². The quantitative estimate of drug-likeness (QED) is 0.823. The van der Waals surface area contributed by atoms with Gasteiger partial charge in [0.05, 0.1) is 7.11 Å². The normalized spacial score (nSPS) is 11.2. The van der Waals surface area contributed by atoms with Crippen molar-refractivity contribution in [2.45, 2.75) is 26.9 Å². The molecule has 1 aromatic carbocycles. The Balaban J connectivity index is 2.80. The minimum atomic E-state index is 0.574. The van der Waals surface area contributed by atoms with Crippen molar-refractivity contribution in [3.63, 3.8) is 0 Å². The standard InChI is InChI=1S/C14H24N2O/c1-11(2)9-16(3)10-13-7-12(8-15)5-6-14(13)17-4/h5-7,11H,8-10,15H2,1-4H3. The summed E-state index contributed by atoms with van der Waals surface area (Å²) >= 11 is 0. The highest BCUT2D eigenvalue weighted by Crippen LogP contribution is 2.21. The third-order valence-corrected chi connectivity index (χ3v) is 2.70. The summed E-state index contributed by atoms with van der Waals surface area (Å²) in [5, 5.41) is 0. The number of hydrogen-bond donors (Lipinski definition) is 1. The van der Waals surface area contributed by atoms with Crippen molar-refractivity contribution in [2.24, 2.45) is 11.7 Å². The Bertz CT molecular complexity index is 350. The van der Waals surface area contributed by atoms with E-state index in [-0.39, 0.29) is 0 Å². The maximum absolute atomic E-state index is 5.67. The molecule has 1 aromatic rings. The Labute approximate surface area is 105 Å². The molecule has 3 heteroatoms. The lowest BCUT2D eigenvalue weighted by Crippen LogP contribution is -2.23. The van der Waals surface area contributed by atoms with Crippen molar-refractivity contribution < 1.29 is 4.74 Å². The summed E-state index contributed by atoms with van der Waals surface area (Å²) in [4.78, 5) is 2.31. The Hall–Kier alpha value is -1.06. The van der Waals surface area contributed by atoms with Crippen molar-refractivity contribution in [1.29, 1.82) is 0 Å². The zero-order valence-corrected chi connectivity index (χ0v) is 11.4. The van der Waals surface area contributed by atoms with Gasteiger partial charge in [-0.3, -0.25) is 0 Å². The summed E-state index contributed by atoms with van der Waals surface area (Å²) in [6.45, 7) is 7.00. The molecule has 96 valence electrons. The van der Waals surface area contributed by atoms with Crippen LogP contribution >= 0.6 is 0 Å². The van der Waals surface area contributed by atoms with Gasteiger partial charge in [-0.2, -0.15) is 0 Å². The van der Waals surface area contributed by atoms with Crippen LogP contribution in [-0.4, -0.2) is 25.6 Å². The Kier molecular flexibility index (Phi) is 5.45. The second kappa shape index (κ2) is 6.62. The molecule has 0 aliphatic heterocycles. The summed E-state index contributed by atoms with van der Waals surface area (Å²) < 4.78 is 5.38. The van der Waals surface area contributed by atoms with Crippen LogP contribution in [0.4, 0.5) is 0 Å². The first-order valence-electron chi connectivity index (χ1n) is 6.11. The van der Waals surface area contributed by atoms with Gasteiger partial charge in [-0.05, 0) is 30.7 Å². The minimum absolute atomic E-state index is 0.574. The monoisotopic (exact) mass is 236 g/mol. The summed E-state index contributed by atoms with van der Waals surface area (Å²) in [6.07, 6.45) is 0. The predicted molar refractivity (Wildman–Crippen MR) is 72.1 cm³/mol. The molecule has 3 nitrogen and oxygen atoms in total. The van der Waals surface area contributed by atoms with Crippen LogP contribution in [0.15, 0.2) is 18.2 Å². The van der Waals surface area contributed by atoms with Crippen LogP contribution in [-0.2, 0) is 13.1 Å². The fourth-order valence-corrected chi connectivity index (χ4v) is 2.06. The molecule has 0 radical (unpaired) electrons. The number of nitrogens with two attached hydrogens (primary N) is 1. The first-order chi connectivity index (χ1) is 8.06. The van der Waals surface area contributed by atoms with Crippen molar-refractivity contribution in [1.82, 2.24) is 4.90 Å². The molecule has 1 rings (SSSR count). The van der Waals surface area contributed by atoms with Crippen LogP contribution < -0.4 is 10.5 Å². The zero-order valence-electron chi connectivity index (χ0n) is 11.4. The van der Waals surface area contributed by atoms with E-state index in [1.165, 1.54) is 5.56 Å². The second-order valence-corrected chi connectivity index (χ2v) is 4.94. The molecule has 0 aliphatic carbocycles. The van der Waals surface area contributed by atoms with E-state index < -0.39 is 0 Å². The molecule has 0 heterocycles. The number of nitrogens with zero attached hydrogens (tertiary/aromatic N) is 1. The summed E-state index contributed by atoms with van der Waals surface area (Å²) in [7, 11) is 3.85. The molecule has 0 fully saturated rings. The van der Waals surface area contributed by atoms with Crippen molar-refractivity contribution in [3.8, 4) is 5.75 Å². The predicted octanol–water partition coefficient (Wildman–Crippen LogP) is 2.24. The Morgan fingerprint density at radius 1 is 1.35 bits per heavy atom. The average Bonchev–Trinajstić information content (AvgIpc) is 2.27. The average molecular weight is 236 g/mol. The van der Waals surface area contributed by atoms with Gasteiger partial charge in [0.25, 0.3) is 0 Å². The second-order valence-electron chi connectivity index (χ2n) is 4.94.